The Morgan fingerprint density at radius 3 is 2.15 bits per heavy atom. The number of methoxy groups -OCH3 is 1. The lowest BCUT2D eigenvalue weighted by Gasteiger charge is -2.38. The van der Waals surface area contributed by atoms with Gasteiger partial charge in [0, 0.05) is 6.42 Å². The molecule has 0 aliphatic carbocycles. The molecule has 0 spiro atoms. The van der Waals surface area contributed by atoms with E-state index in [1.165, 1.54) is 7.11 Å². The summed E-state index contributed by atoms with van der Waals surface area (Å²) in [5, 5.41) is 34.3. The number of aliphatic hydroxyl groups is 3. The molecule has 1 aliphatic heterocycles. The van der Waals surface area contributed by atoms with Crippen LogP contribution in [0.5, 0.6) is 11.6 Å². The number of benzene rings is 1. The highest BCUT2D eigenvalue weighted by molar-refractivity contribution is 5.39. The Morgan fingerprint density at radius 1 is 1.06 bits per heavy atom. The molecule has 0 saturated carbocycles. The van der Waals surface area contributed by atoms with Crippen LogP contribution in [0.4, 0.5) is 17.6 Å². The normalized spacial score (nSPS) is 24.3. The molecule has 3 rings (SSSR count). The monoisotopic (exact) mass is 496 g/mol. The van der Waals surface area contributed by atoms with Crippen molar-refractivity contribution in [1.29, 1.82) is 0 Å². The SMILES string of the molecule is CC.CC.COc1ccc(Cc2c(OC3OC(CO)C(F)C(O)C3O)n[nH]c2C(F)(F)F)cc1. The molecule has 4 N–H and O–H groups in total. The maximum atomic E-state index is 13.9. The third-order valence-electron chi connectivity index (χ3n) is 4.68. The molecule has 5 atom stereocenters. The number of nitrogens with zero attached hydrogens (tertiary/aromatic N) is 1. The van der Waals surface area contributed by atoms with E-state index in [-0.39, 0.29) is 12.0 Å². The maximum Gasteiger partial charge on any atom is 0.433 e. The summed E-state index contributed by atoms with van der Waals surface area (Å²) >= 11 is 0. The van der Waals surface area contributed by atoms with Gasteiger partial charge in [0.15, 0.2) is 6.17 Å². The van der Waals surface area contributed by atoms with Crippen molar-refractivity contribution in [2.45, 2.75) is 71.1 Å². The van der Waals surface area contributed by atoms with Gasteiger partial charge in [0.25, 0.3) is 0 Å². The van der Waals surface area contributed by atoms with Gasteiger partial charge in [0.2, 0.25) is 12.2 Å². The predicted molar refractivity (Wildman–Crippen MR) is 115 cm³/mol. The molecular formula is C22H32F4N2O6. The van der Waals surface area contributed by atoms with Gasteiger partial charge in [0.1, 0.15) is 29.8 Å². The number of aromatic nitrogens is 2. The Morgan fingerprint density at radius 2 is 1.65 bits per heavy atom. The Balaban J connectivity index is 0.00000137. The first-order valence-electron chi connectivity index (χ1n) is 10.9. The van der Waals surface area contributed by atoms with Crippen LogP contribution in [-0.4, -0.2) is 70.0 Å². The fourth-order valence-corrected chi connectivity index (χ4v) is 3.04. The van der Waals surface area contributed by atoms with Crippen molar-refractivity contribution in [3.8, 4) is 11.6 Å². The first-order chi connectivity index (χ1) is 16.2. The van der Waals surface area contributed by atoms with Crippen molar-refractivity contribution in [2.75, 3.05) is 13.7 Å². The maximum absolute atomic E-state index is 13.9. The first kappa shape index (κ1) is 29.6. The molecule has 194 valence electrons. The van der Waals surface area contributed by atoms with Crippen LogP contribution in [0.25, 0.3) is 0 Å². The fourth-order valence-electron chi connectivity index (χ4n) is 3.04. The third kappa shape index (κ3) is 7.05. The molecule has 0 amide bonds. The minimum Gasteiger partial charge on any atom is -0.497 e. The van der Waals surface area contributed by atoms with E-state index in [1.807, 2.05) is 32.8 Å². The molecule has 1 saturated heterocycles. The highest BCUT2D eigenvalue weighted by Crippen LogP contribution is 2.37. The van der Waals surface area contributed by atoms with Gasteiger partial charge < -0.3 is 29.5 Å². The van der Waals surface area contributed by atoms with E-state index in [4.69, 9.17) is 19.3 Å². The Labute approximate surface area is 195 Å². The number of hydrogen-bond acceptors (Lipinski definition) is 7. The summed E-state index contributed by atoms with van der Waals surface area (Å²) in [6, 6.07) is 6.25. The van der Waals surface area contributed by atoms with Crippen molar-refractivity contribution in [3.63, 3.8) is 0 Å². The van der Waals surface area contributed by atoms with Gasteiger partial charge in [-0.15, -0.1) is 5.10 Å². The van der Waals surface area contributed by atoms with E-state index in [0.29, 0.717) is 11.3 Å². The van der Waals surface area contributed by atoms with E-state index < -0.39 is 55.1 Å². The number of alkyl halides is 4. The van der Waals surface area contributed by atoms with Crippen molar-refractivity contribution in [2.24, 2.45) is 0 Å². The summed E-state index contributed by atoms with van der Waals surface area (Å²) in [7, 11) is 1.45. The lowest BCUT2D eigenvalue weighted by molar-refractivity contribution is -0.265. The van der Waals surface area contributed by atoms with Gasteiger partial charge in [-0.2, -0.15) is 13.2 Å². The molecule has 1 aliphatic rings. The number of aromatic amines is 1. The Bertz CT molecular complexity index is 845. The highest BCUT2D eigenvalue weighted by atomic mass is 19.4. The molecule has 0 radical (unpaired) electrons. The van der Waals surface area contributed by atoms with Gasteiger partial charge in [0.05, 0.1) is 19.3 Å². The minimum atomic E-state index is -4.78. The Kier molecular flexibility index (Phi) is 11.7. The molecule has 1 aromatic heterocycles. The summed E-state index contributed by atoms with van der Waals surface area (Å²) < 4.78 is 69.5. The van der Waals surface area contributed by atoms with Crippen LogP contribution in [0.15, 0.2) is 24.3 Å². The van der Waals surface area contributed by atoms with Crippen molar-refractivity contribution >= 4 is 0 Å². The number of hydrogen-bond donors (Lipinski definition) is 4. The molecule has 8 nitrogen and oxygen atoms in total. The second kappa shape index (κ2) is 13.5. The van der Waals surface area contributed by atoms with Crippen molar-refractivity contribution in [3.05, 3.63) is 41.1 Å². The van der Waals surface area contributed by atoms with Gasteiger partial charge in [-0.3, -0.25) is 5.10 Å². The van der Waals surface area contributed by atoms with Gasteiger partial charge in [-0.1, -0.05) is 39.8 Å². The average molecular weight is 496 g/mol. The quantitative estimate of drug-likeness (QED) is 0.454. The highest BCUT2D eigenvalue weighted by Gasteiger charge is 2.47. The van der Waals surface area contributed by atoms with Crippen molar-refractivity contribution in [1.82, 2.24) is 10.2 Å². The van der Waals surface area contributed by atoms with E-state index in [0.717, 1.165) is 0 Å². The topological polar surface area (TPSA) is 117 Å². The lowest BCUT2D eigenvalue weighted by atomic mass is 10.0. The summed E-state index contributed by atoms with van der Waals surface area (Å²) in [6.07, 6.45) is -14.3. The second-order valence-corrected chi connectivity index (χ2v) is 6.67. The largest absolute Gasteiger partial charge is 0.497 e. The average Bonchev–Trinajstić information content (AvgIpc) is 3.25. The summed E-state index contributed by atoms with van der Waals surface area (Å²) in [4.78, 5) is 0. The fraction of sp³-hybridized carbons (Fsp3) is 0.591. The minimum absolute atomic E-state index is 0.245. The van der Waals surface area contributed by atoms with Crippen LogP contribution in [0.3, 0.4) is 0 Å². The standard InChI is InChI=1S/C18H20F4N2O6.2C2H6/c1-28-9-4-2-8(3-5-9)6-10-15(18(20,21)22)23-24-16(10)30-17-14(27)13(26)12(19)11(7-25)29-17;2*1-2/h2-5,11-14,17,25-27H,6-7H2,1H3,(H,23,24);2*1-2H3. The zero-order valence-electron chi connectivity index (χ0n) is 19.6. The summed E-state index contributed by atoms with van der Waals surface area (Å²) in [5.74, 6) is -0.0228. The number of rotatable bonds is 6. The molecule has 1 fully saturated rings. The predicted octanol–water partition coefficient (Wildman–Crippen LogP) is 3.24. The number of aliphatic hydroxyl groups excluding tert-OH is 3. The van der Waals surface area contributed by atoms with Crippen molar-refractivity contribution < 1.29 is 47.1 Å². The van der Waals surface area contributed by atoms with Gasteiger partial charge in [-0.25, -0.2) is 4.39 Å². The van der Waals surface area contributed by atoms with Crippen LogP contribution in [0.2, 0.25) is 0 Å². The number of halogens is 4. The Hall–Kier alpha value is -2.41. The second-order valence-electron chi connectivity index (χ2n) is 6.67. The first-order valence-corrected chi connectivity index (χ1v) is 10.9. The molecule has 2 aromatic rings. The molecule has 2 heterocycles. The molecule has 0 bridgehead atoms. The van der Waals surface area contributed by atoms with Crippen LogP contribution >= 0.6 is 0 Å². The van der Waals surface area contributed by atoms with Crippen LogP contribution in [0.1, 0.15) is 44.5 Å². The van der Waals surface area contributed by atoms with Gasteiger partial charge in [-0.05, 0) is 17.7 Å². The molecule has 5 unspecified atom stereocenters. The van der Waals surface area contributed by atoms with Gasteiger partial charge >= 0.3 is 6.18 Å². The lowest BCUT2D eigenvalue weighted by Crippen LogP contribution is -2.58. The zero-order chi connectivity index (χ0) is 26.1. The molecule has 1 aromatic carbocycles. The van der Waals surface area contributed by atoms with Crippen LogP contribution in [-0.2, 0) is 17.3 Å². The van der Waals surface area contributed by atoms with E-state index in [9.17, 15) is 27.8 Å². The van der Waals surface area contributed by atoms with E-state index >= 15 is 0 Å². The smallest absolute Gasteiger partial charge is 0.433 e. The molecule has 34 heavy (non-hydrogen) atoms. The summed E-state index contributed by atoms with van der Waals surface area (Å²) in [6.45, 7) is 7.16. The molecule has 12 heteroatoms. The third-order valence-corrected chi connectivity index (χ3v) is 4.68. The van der Waals surface area contributed by atoms with E-state index in [2.05, 4.69) is 5.10 Å². The van der Waals surface area contributed by atoms with E-state index in [1.54, 1.807) is 24.3 Å². The number of H-pyrrole nitrogens is 1. The van der Waals surface area contributed by atoms with Crippen LogP contribution in [0, 0.1) is 0 Å². The number of nitrogens with one attached hydrogen (secondary N) is 1. The summed E-state index contributed by atoms with van der Waals surface area (Å²) in [5.41, 5.74) is -1.06. The number of ether oxygens (including phenoxy) is 3. The van der Waals surface area contributed by atoms with Crippen LogP contribution < -0.4 is 9.47 Å². The zero-order valence-corrected chi connectivity index (χ0v) is 19.6. The molecular weight excluding hydrogens is 464 g/mol.